The molecule has 0 aromatic rings. The molecule has 1 saturated carbocycles. The van der Waals surface area contributed by atoms with E-state index >= 15 is 0 Å². The molecule has 112 valence electrons. The molecule has 0 radical (unpaired) electrons. The van der Waals surface area contributed by atoms with E-state index in [0.29, 0.717) is 5.92 Å². The zero-order chi connectivity index (χ0) is 14.5. The van der Waals surface area contributed by atoms with Crippen LogP contribution >= 0.6 is 0 Å². The molecule has 0 aliphatic heterocycles. The van der Waals surface area contributed by atoms with Gasteiger partial charge in [0.05, 0.1) is 0 Å². The van der Waals surface area contributed by atoms with E-state index in [0.717, 1.165) is 45.3 Å². The number of hydrogen-bond donors (Lipinski definition) is 2. The van der Waals surface area contributed by atoms with E-state index in [1.54, 1.807) is 0 Å². The van der Waals surface area contributed by atoms with Crippen LogP contribution in [-0.4, -0.2) is 48.2 Å². The number of carboxylic acid groups (broad SMARTS) is 1. The van der Waals surface area contributed by atoms with Crippen molar-refractivity contribution in [3.63, 3.8) is 0 Å². The number of hydrogen-bond acceptors (Lipinski definition) is 3. The molecular formula is C15H30N2O2. The minimum Gasteiger partial charge on any atom is -0.480 e. The monoisotopic (exact) mass is 270 g/mol. The van der Waals surface area contributed by atoms with Gasteiger partial charge in [-0.2, -0.15) is 0 Å². The second-order valence-corrected chi connectivity index (χ2v) is 6.34. The molecule has 1 fully saturated rings. The molecule has 2 N–H and O–H groups in total. The van der Waals surface area contributed by atoms with Crippen LogP contribution in [0, 0.1) is 11.8 Å². The Balaban J connectivity index is 2.57. The number of rotatable bonds is 8. The van der Waals surface area contributed by atoms with Gasteiger partial charge in [0, 0.05) is 6.54 Å². The van der Waals surface area contributed by atoms with Gasteiger partial charge in [0.2, 0.25) is 0 Å². The summed E-state index contributed by atoms with van der Waals surface area (Å²) in [5.41, 5.74) is -0.673. The Labute approximate surface area is 117 Å². The third-order valence-corrected chi connectivity index (χ3v) is 4.23. The Hall–Kier alpha value is -0.610. The first-order chi connectivity index (χ1) is 8.92. The largest absolute Gasteiger partial charge is 0.480 e. The van der Waals surface area contributed by atoms with Crippen LogP contribution in [0.2, 0.25) is 0 Å². The predicted molar refractivity (Wildman–Crippen MR) is 78.3 cm³/mol. The third-order valence-electron chi connectivity index (χ3n) is 4.23. The van der Waals surface area contributed by atoms with Crippen LogP contribution in [0.1, 0.15) is 46.5 Å². The van der Waals surface area contributed by atoms with Gasteiger partial charge in [-0.15, -0.1) is 0 Å². The Kier molecular flexibility index (Phi) is 6.27. The molecule has 0 amide bonds. The highest BCUT2D eigenvalue weighted by Gasteiger charge is 2.48. The van der Waals surface area contributed by atoms with Crippen molar-refractivity contribution in [2.75, 3.05) is 26.7 Å². The van der Waals surface area contributed by atoms with E-state index in [1.807, 2.05) is 6.92 Å². The van der Waals surface area contributed by atoms with Crippen LogP contribution in [0.4, 0.5) is 0 Å². The van der Waals surface area contributed by atoms with Crippen molar-refractivity contribution in [3.8, 4) is 0 Å². The van der Waals surface area contributed by atoms with Crippen LogP contribution in [-0.2, 0) is 4.79 Å². The van der Waals surface area contributed by atoms with Gasteiger partial charge in [0.1, 0.15) is 5.54 Å². The fourth-order valence-corrected chi connectivity index (χ4v) is 3.46. The number of nitrogens with zero attached hydrogens (tertiary/aromatic N) is 1. The first-order valence-corrected chi connectivity index (χ1v) is 7.59. The zero-order valence-electron chi connectivity index (χ0n) is 12.9. The molecule has 2 atom stereocenters. The van der Waals surface area contributed by atoms with Crippen molar-refractivity contribution in [1.82, 2.24) is 10.2 Å². The van der Waals surface area contributed by atoms with E-state index in [9.17, 15) is 9.90 Å². The molecule has 0 aromatic heterocycles. The van der Waals surface area contributed by atoms with Gasteiger partial charge in [-0.25, -0.2) is 0 Å². The lowest BCUT2D eigenvalue weighted by molar-refractivity contribution is -0.146. The lowest BCUT2D eigenvalue weighted by Gasteiger charge is -2.33. The summed E-state index contributed by atoms with van der Waals surface area (Å²) in [6.45, 7) is 9.21. The third kappa shape index (κ3) is 4.18. The van der Waals surface area contributed by atoms with E-state index in [1.165, 1.54) is 0 Å². The van der Waals surface area contributed by atoms with Crippen LogP contribution < -0.4 is 5.32 Å². The van der Waals surface area contributed by atoms with Gasteiger partial charge in [0.25, 0.3) is 0 Å². The number of likely N-dealkylation sites (N-methyl/N-ethyl adjacent to an activating group) is 1. The second kappa shape index (κ2) is 7.25. The Bertz CT molecular complexity index is 294. The summed E-state index contributed by atoms with van der Waals surface area (Å²) < 4.78 is 0. The zero-order valence-corrected chi connectivity index (χ0v) is 12.9. The Morgan fingerprint density at radius 2 is 2.21 bits per heavy atom. The highest BCUT2D eigenvalue weighted by atomic mass is 16.4. The molecule has 0 bridgehead atoms. The van der Waals surface area contributed by atoms with Gasteiger partial charge >= 0.3 is 5.97 Å². The number of carbonyl (C=O) groups is 1. The van der Waals surface area contributed by atoms with Crippen molar-refractivity contribution >= 4 is 5.97 Å². The molecule has 0 spiro atoms. The molecule has 1 aliphatic carbocycles. The molecule has 0 heterocycles. The molecule has 1 rings (SSSR count). The first kappa shape index (κ1) is 16.4. The van der Waals surface area contributed by atoms with Gasteiger partial charge in [0.15, 0.2) is 0 Å². The maximum absolute atomic E-state index is 11.7. The average molecular weight is 270 g/mol. The Morgan fingerprint density at radius 3 is 2.74 bits per heavy atom. The van der Waals surface area contributed by atoms with Crippen LogP contribution in [0.25, 0.3) is 0 Å². The quantitative estimate of drug-likeness (QED) is 0.710. The summed E-state index contributed by atoms with van der Waals surface area (Å²) in [6, 6.07) is 0. The molecule has 4 nitrogen and oxygen atoms in total. The minimum absolute atomic E-state index is 0.263. The maximum atomic E-state index is 11.7. The van der Waals surface area contributed by atoms with Crippen molar-refractivity contribution in [3.05, 3.63) is 0 Å². The standard InChI is InChI=1S/C15H30N2O2/c1-5-16-15(14(18)19)9-6-7-13(15)8-10-17(4)11-12(2)3/h12-13,16H,5-11H2,1-4H3,(H,18,19). The molecule has 1 aliphatic rings. The number of aliphatic carboxylic acids is 1. The lowest BCUT2D eigenvalue weighted by atomic mass is 9.84. The number of nitrogens with one attached hydrogen (secondary N) is 1. The topological polar surface area (TPSA) is 52.6 Å². The van der Waals surface area contributed by atoms with Gasteiger partial charge in [-0.3, -0.25) is 4.79 Å². The van der Waals surface area contributed by atoms with Gasteiger partial charge < -0.3 is 15.3 Å². The van der Waals surface area contributed by atoms with E-state index in [2.05, 4.69) is 31.1 Å². The molecular weight excluding hydrogens is 240 g/mol. The van der Waals surface area contributed by atoms with Crippen molar-refractivity contribution in [2.45, 2.75) is 52.0 Å². The second-order valence-electron chi connectivity index (χ2n) is 6.34. The fraction of sp³-hybridized carbons (Fsp3) is 0.933. The van der Waals surface area contributed by atoms with Crippen LogP contribution in [0.15, 0.2) is 0 Å². The van der Waals surface area contributed by atoms with Crippen molar-refractivity contribution in [2.24, 2.45) is 11.8 Å². The van der Waals surface area contributed by atoms with Gasteiger partial charge in [-0.1, -0.05) is 27.2 Å². The molecule has 0 aromatic carbocycles. The SMILES string of the molecule is CCNC1(C(=O)O)CCCC1CCN(C)CC(C)C. The van der Waals surface area contributed by atoms with Crippen molar-refractivity contribution in [1.29, 1.82) is 0 Å². The summed E-state index contributed by atoms with van der Waals surface area (Å²) >= 11 is 0. The average Bonchev–Trinajstić information content (AvgIpc) is 2.70. The van der Waals surface area contributed by atoms with Gasteiger partial charge in [-0.05, 0) is 51.2 Å². The summed E-state index contributed by atoms with van der Waals surface area (Å²) in [7, 11) is 2.13. The summed E-state index contributed by atoms with van der Waals surface area (Å²) in [5, 5.41) is 12.9. The Morgan fingerprint density at radius 1 is 1.53 bits per heavy atom. The van der Waals surface area contributed by atoms with Crippen LogP contribution in [0.3, 0.4) is 0 Å². The smallest absolute Gasteiger partial charge is 0.324 e. The maximum Gasteiger partial charge on any atom is 0.324 e. The van der Waals surface area contributed by atoms with E-state index in [4.69, 9.17) is 0 Å². The summed E-state index contributed by atoms with van der Waals surface area (Å²) in [4.78, 5) is 14.0. The molecule has 2 unspecified atom stereocenters. The highest BCUT2D eigenvalue weighted by molar-refractivity contribution is 5.79. The first-order valence-electron chi connectivity index (χ1n) is 7.59. The van der Waals surface area contributed by atoms with E-state index < -0.39 is 11.5 Å². The minimum atomic E-state index is -0.673. The van der Waals surface area contributed by atoms with Crippen molar-refractivity contribution < 1.29 is 9.90 Å². The molecule has 19 heavy (non-hydrogen) atoms. The molecule has 0 saturated heterocycles. The highest BCUT2D eigenvalue weighted by Crippen LogP contribution is 2.38. The van der Waals surface area contributed by atoms with Crippen LogP contribution in [0.5, 0.6) is 0 Å². The molecule has 4 heteroatoms. The summed E-state index contributed by atoms with van der Waals surface area (Å²) in [6.07, 6.45) is 3.81. The fourth-order valence-electron chi connectivity index (χ4n) is 3.46. The summed E-state index contributed by atoms with van der Waals surface area (Å²) in [5.74, 6) is 0.259. The van der Waals surface area contributed by atoms with E-state index in [-0.39, 0.29) is 5.92 Å². The normalized spacial score (nSPS) is 27.4. The predicted octanol–water partition coefficient (Wildman–Crippen LogP) is 2.20. The lowest BCUT2D eigenvalue weighted by Crippen LogP contribution is -2.55. The number of carboxylic acids is 1.